The van der Waals surface area contributed by atoms with Gasteiger partial charge in [-0.05, 0) is 54.9 Å². The Labute approximate surface area is 183 Å². The SMILES string of the molecule is Cc1ccc(CN2C(=O)S/C(=C/c3ccc(-c4ccccc4C(=O)O)o3)C2=O)c(C)c1. The molecule has 0 spiro atoms. The average molecular weight is 433 g/mol. The molecule has 0 saturated carbocycles. The number of rotatable bonds is 5. The summed E-state index contributed by atoms with van der Waals surface area (Å²) in [6.45, 7) is 4.16. The molecule has 1 aliphatic rings. The van der Waals surface area contributed by atoms with Crippen LogP contribution in [0.4, 0.5) is 4.79 Å². The van der Waals surface area contributed by atoms with E-state index in [1.165, 1.54) is 17.0 Å². The molecule has 31 heavy (non-hydrogen) atoms. The number of benzene rings is 2. The summed E-state index contributed by atoms with van der Waals surface area (Å²) in [5, 5.41) is 9.03. The Kier molecular flexibility index (Phi) is 5.52. The number of amides is 2. The molecule has 1 saturated heterocycles. The molecule has 0 bridgehead atoms. The molecule has 4 rings (SSSR count). The van der Waals surface area contributed by atoms with Crippen LogP contribution in [0, 0.1) is 13.8 Å². The Balaban J connectivity index is 1.57. The highest BCUT2D eigenvalue weighted by atomic mass is 32.2. The van der Waals surface area contributed by atoms with Gasteiger partial charge in [0.25, 0.3) is 11.1 Å². The van der Waals surface area contributed by atoms with Crippen LogP contribution in [0.5, 0.6) is 0 Å². The summed E-state index contributed by atoms with van der Waals surface area (Å²) in [7, 11) is 0. The third-order valence-electron chi connectivity index (χ3n) is 5.02. The highest BCUT2D eigenvalue weighted by Gasteiger charge is 2.35. The van der Waals surface area contributed by atoms with Gasteiger partial charge in [0, 0.05) is 11.6 Å². The van der Waals surface area contributed by atoms with Gasteiger partial charge < -0.3 is 9.52 Å². The summed E-state index contributed by atoms with van der Waals surface area (Å²) in [5.74, 6) is -0.689. The molecule has 0 unspecified atom stereocenters. The van der Waals surface area contributed by atoms with Crippen molar-refractivity contribution in [2.75, 3.05) is 0 Å². The van der Waals surface area contributed by atoms with Crippen molar-refractivity contribution in [1.29, 1.82) is 0 Å². The molecule has 1 fully saturated rings. The van der Waals surface area contributed by atoms with Gasteiger partial charge in [0.2, 0.25) is 0 Å². The molecule has 6 nitrogen and oxygen atoms in total. The summed E-state index contributed by atoms with van der Waals surface area (Å²) >= 11 is 0.862. The van der Waals surface area contributed by atoms with Crippen LogP contribution in [-0.4, -0.2) is 27.1 Å². The Morgan fingerprint density at radius 1 is 1.10 bits per heavy atom. The van der Waals surface area contributed by atoms with Gasteiger partial charge in [-0.3, -0.25) is 14.5 Å². The Morgan fingerprint density at radius 3 is 2.61 bits per heavy atom. The van der Waals surface area contributed by atoms with Gasteiger partial charge in [0.05, 0.1) is 17.0 Å². The van der Waals surface area contributed by atoms with Gasteiger partial charge in [-0.25, -0.2) is 4.79 Å². The van der Waals surface area contributed by atoms with Gasteiger partial charge in [-0.1, -0.05) is 42.0 Å². The van der Waals surface area contributed by atoms with Crippen molar-refractivity contribution in [3.8, 4) is 11.3 Å². The Morgan fingerprint density at radius 2 is 1.87 bits per heavy atom. The zero-order chi connectivity index (χ0) is 22.1. The molecule has 7 heteroatoms. The molecule has 0 atom stereocenters. The Bertz CT molecular complexity index is 1240. The van der Waals surface area contributed by atoms with Crippen LogP contribution in [0.2, 0.25) is 0 Å². The van der Waals surface area contributed by atoms with E-state index in [2.05, 4.69) is 0 Å². The number of furan rings is 1. The van der Waals surface area contributed by atoms with Crippen LogP contribution in [0.25, 0.3) is 17.4 Å². The number of carbonyl (C=O) groups excluding carboxylic acids is 2. The van der Waals surface area contributed by atoms with E-state index in [1.807, 2.05) is 32.0 Å². The highest BCUT2D eigenvalue weighted by Crippen LogP contribution is 2.35. The molecule has 0 radical (unpaired) electrons. The first-order chi connectivity index (χ1) is 14.8. The first kappa shape index (κ1) is 20.7. The number of thioether (sulfide) groups is 1. The first-order valence-corrected chi connectivity index (χ1v) is 10.4. The molecule has 2 heterocycles. The number of aryl methyl sites for hydroxylation is 2. The summed E-state index contributed by atoms with van der Waals surface area (Å²) in [6, 6.07) is 15.7. The van der Waals surface area contributed by atoms with Gasteiger partial charge in [0.1, 0.15) is 11.5 Å². The number of carboxylic acid groups (broad SMARTS) is 1. The second kappa shape index (κ2) is 8.28. The van der Waals surface area contributed by atoms with Crippen LogP contribution >= 0.6 is 11.8 Å². The molecule has 0 aliphatic carbocycles. The lowest BCUT2D eigenvalue weighted by atomic mass is 10.1. The van der Waals surface area contributed by atoms with E-state index in [4.69, 9.17) is 4.42 Å². The first-order valence-electron chi connectivity index (χ1n) is 9.57. The normalized spacial score (nSPS) is 15.2. The number of hydrogen-bond acceptors (Lipinski definition) is 5. The molecule has 1 aliphatic heterocycles. The molecular formula is C24H19NO5S. The quantitative estimate of drug-likeness (QED) is 0.535. The zero-order valence-electron chi connectivity index (χ0n) is 16.9. The van der Waals surface area contributed by atoms with Crippen LogP contribution in [0.3, 0.4) is 0 Å². The molecule has 1 aromatic heterocycles. The van der Waals surface area contributed by atoms with Crippen molar-refractivity contribution < 1.29 is 23.9 Å². The summed E-state index contributed by atoms with van der Waals surface area (Å²) in [4.78, 5) is 38.2. The van der Waals surface area contributed by atoms with E-state index in [0.29, 0.717) is 17.1 Å². The van der Waals surface area contributed by atoms with Gasteiger partial charge >= 0.3 is 5.97 Å². The van der Waals surface area contributed by atoms with Gasteiger partial charge in [0.15, 0.2) is 0 Å². The minimum Gasteiger partial charge on any atom is -0.478 e. The topological polar surface area (TPSA) is 87.8 Å². The molecule has 3 aromatic rings. The summed E-state index contributed by atoms with van der Waals surface area (Å²) in [5.41, 5.74) is 3.62. The number of hydrogen-bond donors (Lipinski definition) is 1. The summed E-state index contributed by atoms with van der Waals surface area (Å²) in [6.07, 6.45) is 1.51. The van der Waals surface area contributed by atoms with Gasteiger partial charge in [-0.2, -0.15) is 0 Å². The van der Waals surface area contributed by atoms with Crippen molar-refractivity contribution >= 4 is 35.0 Å². The van der Waals surface area contributed by atoms with E-state index in [0.717, 1.165) is 28.5 Å². The zero-order valence-corrected chi connectivity index (χ0v) is 17.7. The maximum Gasteiger partial charge on any atom is 0.336 e. The minimum absolute atomic E-state index is 0.122. The third kappa shape index (κ3) is 4.18. The largest absolute Gasteiger partial charge is 0.478 e. The van der Waals surface area contributed by atoms with Crippen LogP contribution in [0.15, 0.2) is 63.9 Å². The molecule has 1 N–H and O–H groups in total. The summed E-state index contributed by atoms with van der Waals surface area (Å²) < 4.78 is 5.76. The van der Waals surface area contributed by atoms with E-state index in [1.54, 1.807) is 30.3 Å². The number of aromatic carboxylic acids is 1. The van der Waals surface area contributed by atoms with Crippen LogP contribution in [-0.2, 0) is 11.3 Å². The second-order valence-electron chi connectivity index (χ2n) is 7.25. The number of nitrogens with zero attached hydrogens (tertiary/aromatic N) is 1. The monoisotopic (exact) mass is 433 g/mol. The Hall–Kier alpha value is -3.58. The lowest BCUT2D eigenvalue weighted by molar-refractivity contribution is -0.123. The molecule has 2 amide bonds. The standard InChI is InChI=1S/C24H19NO5S/c1-14-7-8-16(15(2)11-14)13-25-22(26)21(31-24(25)29)12-17-9-10-20(30-17)18-5-3-4-6-19(18)23(27)28/h3-12H,13H2,1-2H3,(H,27,28)/b21-12+. The maximum atomic E-state index is 12.8. The predicted octanol–water partition coefficient (Wildman–Crippen LogP) is 5.50. The van der Waals surface area contributed by atoms with E-state index in [-0.39, 0.29) is 28.2 Å². The maximum absolute atomic E-state index is 12.8. The van der Waals surface area contributed by atoms with Crippen molar-refractivity contribution in [3.63, 3.8) is 0 Å². The van der Waals surface area contributed by atoms with Gasteiger partial charge in [-0.15, -0.1) is 0 Å². The van der Waals surface area contributed by atoms with E-state index < -0.39 is 5.97 Å². The van der Waals surface area contributed by atoms with Crippen molar-refractivity contribution in [1.82, 2.24) is 4.90 Å². The van der Waals surface area contributed by atoms with Crippen LogP contribution in [0.1, 0.15) is 32.8 Å². The highest BCUT2D eigenvalue weighted by molar-refractivity contribution is 8.18. The molecule has 2 aromatic carbocycles. The lowest BCUT2D eigenvalue weighted by Crippen LogP contribution is -2.27. The predicted molar refractivity (Wildman–Crippen MR) is 119 cm³/mol. The third-order valence-corrected chi connectivity index (χ3v) is 5.93. The smallest absolute Gasteiger partial charge is 0.336 e. The molecular weight excluding hydrogens is 414 g/mol. The van der Waals surface area contributed by atoms with E-state index >= 15 is 0 Å². The van der Waals surface area contributed by atoms with Crippen molar-refractivity contribution in [2.45, 2.75) is 20.4 Å². The fourth-order valence-corrected chi connectivity index (χ4v) is 4.24. The second-order valence-corrected chi connectivity index (χ2v) is 8.24. The van der Waals surface area contributed by atoms with Crippen LogP contribution < -0.4 is 0 Å². The lowest BCUT2D eigenvalue weighted by Gasteiger charge is -2.14. The number of carboxylic acids is 1. The fourth-order valence-electron chi connectivity index (χ4n) is 3.42. The van der Waals surface area contributed by atoms with Crippen molar-refractivity contribution in [2.24, 2.45) is 0 Å². The fraction of sp³-hybridized carbons (Fsp3) is 0.125. The molecule has 156 valence electrons. The van der Waals surface area contributed by atoms with E-state index in [9.17, 15) is 19.5 Å². The number of carbonyl (C=O) groups is 3. The number of imide groups is 1. The minimum atomic E-state index is -1.05. The van der Waals surface area contributed by atoms with Crippen molar-refractivity contribution in [3.05, 3.63) is 87.5 Å². The average Bonchev–Trinajstić information content (AvgIpc) is 3.30.